The van der Waals surface area contributed by atoms with E-state index in [4.69, 9.17) is 4.74 Å². The lowest BCUT2D eigenvalue weighted by Gasteiger charge is -2.16. The molecule has 0 aliphatic heterocycles. The zero-order valence-corrected chi connectivity index (χ0v) is 18.1. The number of aryl methyl sites for hydroxylation is 1. The molecule has 4 nitrogen and oxygen atoms in total. The van der Waals surface area contributed by atoms with Gasteiger partial charge in [0.25, 0.3) is 5.91 Å². The number of hydrogen-bond donors (Lipinski definition) is 1. The standard InChI is InChI=1S/C27H26N2O2/c1-4-31-26-13-9-8-12-24(26)29-20(3)23(18-25(29)21-10-6-5-7-11-21)27(30)28-22-16-14-19(2)15-17-22/h5-18H,4H2,1-3H3,(H,28,30). The third kappa shape index (κ3) is 4.24. The normalized spacial score (nSPS) is 10.7. The summed E-state index contributed by atoms with van der Waals surface area (Å²) < 4.78 is 7.99. The van der Waals surface area contributed by atoms with E-state index < -0.39 is 0 Å². The molecule has 0 aliphatic rings. The molecule has 0 saturated carbocycles. The van der Waals surface area contributed by atoms with Crippen molar-refractivity contribution in [1.82, 2.24) is 4.57 Å². The maximum Gasteiger partial charge on any atom is 0.257 e. The van der Waals surface area contributed by atoms with Crippen LogP contribution in [0.15, 0.2) is 84.9 Å². The van der Waals surface area contributed by atoms with Gasteiger partial charge in [-0.25, -0.2) is 0 Å². The van der Waals surface area contributed by atoms with E-state index in [1.165, 1.54) is 0 Å². The minimum Gasteiger partial charge on any atom is -0.492 e. The highest BCUT2D eigenvalue weighted by molar-refractivity contribution is 6.06. The van der Waals surface area contributed by atoms with E-state index in [9.17, 15) is 4.79 Å². The number of aromatic nitrogens is 1. The van der Waals surface area contributed by atoms with Crippen LogP contribution < -0.4 is 10.1 Å². The van der Waals surface area contributed by atoms with Gasteiger partial charge in [-0.05, 0) is 56.7 Å². The van der Waals surface area contributed by atoms with Crippen molar-refractivity contribution in [2.75, 3.05) is 11.9 Å². The maximum absolute atomic E-state index is 13.2. The molecule has 156 valence electrons. The summed E-state index contributed by atoms with van der Waals surface area (Å²) in [6.07, 6.45) is 0. The molecule has 0 radical (unpaired) electrons. The summed E-state index contributed by atoms with van der Waals surface area (Å²) in [7, 11) is 0. The molecule has 0 unspecified atom stereocenters. The van der Waals surface area contributed by atoms with Gasteiger partial charge in [-0.3, -0.25) is 4.79 Å². The molecule has 0 saturated heterocycles. The Morgan fingerprint density at radius 3 is 2.29 bits per heavy atom. The molecule has 3 aromatic carbocycles. The topological polar surface area (TPSA) is 43.3 Å². The number of carbonyl (C=O) groups is 1. The Labute approximate surface area is 183 Å². The van der Waals surface area contributed by atoms with Crippen LogP contribution in [0.25, 0.3) is 16.9 Å². The Bertz CT molecular complexity index is 1190. The van der Waals surface area contributed by atoms with E-state index in [1.54, 1.807) is 0 Å². The van der Waals surface area contributed by atoms with Crippen molar-refractivity contribution >= 4 is 11.6 Å². The lowest BCUT2D eigenvalue weighted by atomic mass is 10.1. The molecule has 0 fully saturated rings. The maximum atomic E-state index is 13.2. The molecule has 0 spiro atoms. The van der Waals surface area contributed by atoms with E-state index in [0.717, 1.165) is 39.6 Å². The van der Waals surface area contributed by atoms with Crippen LogP contribution in [-0.4, -0.2) is 17.1 Å². The van der Waals surface area contributed by atoms with E-state index in [0.29, 0.717) is 12.2 Å². The Balaban J connectivity index is 1.83. The van der Waals surface area contributed by atoms with Crippen LogP contribution in [-0.2, 0) is 0 Å². The van der Waals surface area contributed by atoms with Crippen LogP contribution in [0.3, 0.4) is 0 Å². The lowest BCUT2D eigenvalue weighted by molar-refractivity contribution is 0.102. The average Bonchev–Trinajstić information content (AvgIpc) is 3.14. The summed E-state index contributed by atoms with van der Waals surface area (Å²) in [4.78, 5) is 13.2. The van der Waals surface area contributed by atoms with Crippen molar-refractivity contribution in [1.29, 1.82) is 0 Å². The highest BCUT2D eigenvalue weighted by atomic mass is 16.5. The van der Waals surface area contributed by atoms with Crippen LogP contribution in [0.4, 0.5) is 5.69 Å². The van der Waals surface area contributed by atoms with Crippen LogP contribution in [0.1, 0.15) is 28.5 Å². The fourth-order valence-corrected chi connectivity index (χ4v) is 3.72. The smallest absolute Gasteiger partial charge is 0.257 e. The van der Waals surface area contributed by atoms with Gasteiger partial charge in [-0.2, -0.15) is 0 Å². The molecule has 0 atom stereocenters. The minimum absolute atomic E-state index is 0.133. The van der Waals surface area contributed by atoms with Gasteiger partial charge in [0.2, 0.25) is 0 Å². The molecule has 4 heteroatoms. The van der Waals surface area contributed by atoms with E-state index in [2.05, 4.69) is 22.0 Å². The number of nitrogens with one attached hydrogen (secondary N) is 1. The highest BCUT2D eigenvalue weighted by Gasteiger charge is 2.21. The van der Waals surface area contributed by atoms with E-state index >= 15 is 0 Å². The number of carbonyl (C=O) groups excluding carboxylic acids is 1. The van der Waals surface area contributed by atoms with Crippen LogP contribution in [0.5, 0.6) is 5.75 Å². The Kier molecular flexibility index (Phi) is 5.89. The zero-order valence-electron chi connectivity index (χ0n) is 18.1. The number of anilines is 1. The third-order valence-electron chi connectivity index (χ3n) is 5.28. The summed E-state index contributed by atoms with van der Waals surface area (Å²) in [6.45, 7) is 6.54. The van der Waals surface area contributed by atoms with E-state index in [-0.39, 0.29) is 5.91 Å². The van der Waals surface area contributed by atoms with Gasteiger partial charge in [0, 0.05) is 11.4 Å². The van der Waals surface area contributed by atoms with Gasteiger partial charge in [-0.1, -0.05) is 60.2 Å². The number of nitrogens with zero attached hydrogens (tertiary/aromatic N) is 1. The largest absolute Gasteiger partial charge is 0.492 e. The average molecular weight is 411 g/mol. The molecule has 4 aromatic rings. The second-order valence-electron chi connectivity index (χ2n) is 7.45. The second kappa shape index (κ2) is 8.92. The summed E-state index contributed by atoms with van der Waals surface area (Å²) >= 11 is 0. The van der Waals surface area contributed by atoms with Crippen molar-refractivity contribution < 1.29 is 9.53 Å². The van der Waals surface area contributed by atoms with Gasteiger partial charge in [0.15, 0.2) is 0 Å². The number of para-hydroxylation sites is 2. The van der Waals surface area contributed by atoms with Crippen molar-refractivity contribution in [3.05, 3.63) is 102 Å². The van der Waals surface area contributed by atoms with Crippen molar-refractivity contribution in [2.24, 2.45) is 0 Å². The lowest BCUT2D eigenvalue weighted by Crippen LogP contribution is -2.13. The predicted octanol–water partition coefficient (Wildman–Crippen LogP) is 6.41. The number of rotatable bonds is 6. The first-order valence-electron chi connectivity index (χ1n) is 10.5. The summed E-state index contributed by atoms with van der Waals surface area (Å²) in [5.74, 6) is 0.651. The van der Waals surface area contributed by atoms with Crippen molar-refractivity contribution in [3.63, 3.8) is 0 Å². The fraction of sp³-hybridized carbons (Fsp3) is 0.148. The molecule has 1 N–H and O–H groups in total. The summed E-state index contributed by atoms with van der Waals surface area (Å²) in [5.41, 5.74) is 6.31. The zero-order chi connectivity index (χ0) is 21.8. The molecule has 4 rings (SSSR count). The molecule has 0 aliphatic carbocycles. The first-order valence-corrected chi connectivity index (χ1v) is 10.5. The quantitative estimate of drug-likeness (QED) is 0.399. The first-order chi connectivity index (χ1) is 15.1. The molecule has 1 heterocycles. The van der Waals surface area contributed by atoms with Crippen LogP contribution >= 0.6 is 0 Å². The Morgan fingerprint density at radius 1 is 0.903 bits per heavy atom. The summed E-state index contributed by atoms with van der Waals surface area (Å²) in [6, 6.07) is 27.8. The van der Waals surface area contributed by atoms with E-state index in [1.807, 2.05) is 93.6 Å². The molecule has 1 amide bonds. The minimum atomic E-state index is -0.133. The number of hydrogen-bond acceptors (Lipinski definition) is 2. The number of ether oxygens (including phenoxy) is 1. The second-order valence-corrected chi connectivity index (χ2v) is 7.45. The SMILES string of the molecule is CCOc1ccccc1-n1c(-c2ccccc2)cc(C(=O)Nc2ccc(C)cc2)c1C. The Morgan fingerprint density at radius 2 is 1.58 bits per heavy atom. The van der Waals surface area contributed by atoms with Crippen LogP contribution in [0.2, 0.25) is 0 Å². The first kappa shape index (κ1) is 20.5. The molecule has 0 bridgehead atoms. The molecular weight excluding hydrogens is 384 g/mol. The van der Waals surface area contributed by atoms with Gasteiger partial charge in [0.1, 0.15) is 5.75 Å². The monoisotopic (exact) mass is 410 g/mol. The Hall–Kier alpha value is -3.79. The van der Waals surface area contributed by atoms with Crippen molar-refractivity contribution in [3.8, 4) is 22.7 Å². The molecule has 31 heavy (non-hydrogen) atoms. The van der Waals surface area contributed by atoms with Gasteiger partial charge < -0.3 is 14.6 Å². The third-order valence-corrected chi connectivity index (χ3v) is 5.28. The van der Waals surface area contributed by atoms with Gasteiger partial charge >= 0.3 is 0 Å². The molecular formula is C27H26N2O2. The van der Waals surface area contributed by atoms with Gasteiger partial charge in [0.05, 0.1) is 23.6 Å². The fourth-order valence-electron chi connectivity index (χ4n) is 3.72. The van der Waals surface area contributed by atoms with Crippen molar-refractivity contribution in [2.45, 2.75) is 20.8 Å². The van der Waals surface area contributed by atoms with Gasteiger partial charge in [-0.15, -0.1) is 0 Å². The molecule has 1 aromatic heterocycles. The summed E-state index contributed by atoms with van der Waals surface area (Å²) in [5, 5.41) is 3.03. The van der Waals surface area contributed by atoms with Crippen LogP contribution in [0, 0.1) is 13.8 Å². The highest BCUT2D eigenvalue weighted by Crippen LogP contribution is 2.34. The number of amides is 1. The predicted molar refractivity (Wildman–Crippen MR) is 126 cm³/mol. The number of benzene rings is 3.